The third kappa shape index (κ3) is 5.08. The molecule has 0 unspecified atom stereocenters. The number of hydrogen-bond donors (Lipinski definition) is 0. The molecule has 1 amide bonds. The fraction of sp³-hybridized carbons (Fsp3) is 0.333. The van der Waals surface area contributed by atoms with Crippen LogP contribution in [0.3, 0.4) is 0 Å². The van der Waals surface area contributed by atoms with Gasteiger partial charge in [-0.1, -0.05) is 29.3 Å². The second kappa shape index (κ2) is 8.52. The number of carbonyl (C=O) groups is 1. The van der Waals surface area contributed by atoms with Crippen LogP contribution in [0, 0.1) is 0 Å². The molecule has 132 valence electrons. The van der Waals surface area contributed by atoms with Crippen LogP contribution in [0.2, 0.25) is 10.0 Å². The first-order valence-electron chi connectivity index (χ1n) is 8.09. The van der Waals surface area contributed by atoms with Crippen molar-refractivity contribution in [3.63, 3.8) is 0 Å². The lowest BCUT2D eigenvalue weighted by Crippen LogP contribution is -2.49. The standard InChI is InChI=1S/C18H19Cl2N3O2/c19-15-3-4-16(20)17(10-15)25-13-18(24)23-8-6-22(7-9-23)12-14-2-1-5-21-11-14/h1-5,10-11H,6-9,12-13H2. The highest BCUT2D eigenvalue weighted by Crippen LogP contribution is 2.27. The van der Waals surface area contributed by atoms with Crippen LogP contribution in [0.15, 0.2) is 42.7 Å². The Bertz CT molecular complexity index is 720. The summed E-state index contributed by atoms with van der Waals surface area (Å²) < 4.78 is 5.53. The molecule has 0 radical (unpaired) electrons. The van der Waals surface area contributed by atoms with Crippen LogP contribution < -0.4 is 4.74 Å². The van der Waals surface area contributed by atoms with Gasteiger partial charge in [0.15, 0.2) is 6.61 Å². The van der Waals surface area contributed by atoms with Crippen molar-refractivity contribution in [1.29, 1.82) is 0 Å². The molecular weight excluding hydrogens is 361 g/mol. The average Bonchev–Trinajstić information content (AvgIpc) is 2.64. The fourth-order valence-corrected chi connectivity index (χ4v) is 3.06. The number of aromatic nitrogens is 1. The van der Waals surface area contributed by atoms with Gasteiger partial charge < -0.3 is 9.64 Å². The molecule has 0 aliphatic carbocycles. The van der Waals surface area contributed by atoms with E-state index in [-0.39, 0.29) is 12.5 Å². The molecule has 1 aromatic carbocycles. The second-order valence-corrected chi connectivity index (χ2v) is 6.73. The van der Waals surface area contributed by atoms with Crippen molar-refractivity contribution in [3.8, 4) is 5.75 Å². The van der Waals surface area contributed by atoms with E-state index in [4.69, 9.17) is 27.9 Å². The molecule has 1 aliphatic rings. The molecular formula is C18H19Cl2N3O2. The van der Waals surface area contributed by atoms with Gasteiger partial charge in [0.25, 0.3) is 5.91 Å². The van der Waals surface area contributed by atoms with Gasteiger partial charge >= 0.3 is 0 Å². The summed E-state index contributed by atoms with van der Waals surface area (Å²) >= 11 is 12.0. The van der Waals surface area contributed by atoms with E-state index in [1.54, 1.807) is 24.4 Å². The minimum atomic E-state index is -0.0444. The number of hydrogen-bond acceptors (Lipinski definition) is 4. The molecule has 3 rings (SSSR count). The Balaban J connectivity index is 1.46. The molecule has 0 saturated carbocycles. The van der Waals surface area contributed by atoms with Gasteiger partial charge in [-0.3, -0.25) is 14.7 Å². The largest absolute Gasteiger partial charge is 0.482 e. The van der Waals surface area contributed by atoms with Crippen molar-refractivity contribution >= 4 is 29.1 Å². The third-order valence-electron chi connectivity index (χ3n) is 4.10. The van der Waals surface area contributed by atoms with E-state index < -0.39 is 0 Å². The number of halogens is 2. The van der Waals surface area contributed by atoms with Crippen molar-refractivity contribution < 1.29 is 9.53 Å². The lowest BCUT2D eigenvalue weighted by molar-refractivity contribution is -0.135. The first-order valence-corrected chi connectivity index (χ1v) is 8.84. The fourth-order valence-electron chi connectivity index (χ4n) is 2.72. The van der Waals surface area contributed by atoms with Crippen molar-refractivity contribution in [2.24, 2.45) is 0 Å². The van der Waals surface area contributed by atoms with Gasteiger partial charge in [0.1, 0.15) is 5.75 Å². The number of ether oxygens (including phenoxy) is 1. The predicted octanol–water partition coefficient (Wildman–Crippen LogP) is 3.11. The highest BCUT2D eigenvalue weighted by Gasteiger charge is 2.21. The van der Waals surface area contributed by atoms with Crippen LogP contribution in [0.5, 0.6) is 5.75 Å². The van der Waals surface area contributed by atoms with Gasteiger partial charge in [-0.2, -0.15) is 0 Å². The SMILES string of the molecule is O=C(COc1cc(Cl)ccc1Cl)N1CCN(Cc2cccnc2)CC1. The number of piperazine rings is 1. The number of carbonyl (C=O) groups excluding carboxylic acids is 1. The summed E-state index contributed by atoms with van der Waals surface area (Å²) in [4.78, 5) is 20.6. The normalized spacial score (nSPS) is 15.2. The minimum absolute atomic E-state index is 0.0390. The smallest absolute Gasteiger partial charge is 0.260 e. The molecule has 2 aromatic rings. The minimum Gasteiger partial charge on any atom is -0.482 e. The van der Waals surface area contributed by atoms with E-state index in [1.807, 2.05) is 17.2 Å². The van der Waals surface area contributed by atoms with Crippen molar-refractivity contribution in [3.05, 3.63) is 58.3 Å². The quantitative estimate of drug-likeness (QED) is 0.800. The van der Waals surface area contributed by atoms with Crippen LogP contribution in [0.4, 0.5) is 0 Å². The predicted molar refractivity (Wildman–Crippen MR) is 98.1 cm³/mol. The zero-order valence-corrected chi connectivity index (χ0v) is 15.2. The van der Waals surface area contributed by atoms with Crippen molar-refractivity contribution in [1.82, 2.24) is 14.8 Å². The van der Waals surface area contributed by atoms with E-state index in [0.29, 0.717) is 28.9 Å². The van der Waals surface area contributed by atoms with Gasteiger partial charge in [0.2, 0.25) is 0 Å². The van der Waals surface area contributed by atoms with Gasteiger partial charge in [-0.25, -0.2) is 0 Å². The maximum Gasteiger partial charge on any atom is 0.260 e. The number of benzene rings is 1. The summed E-state index contributed by atoms with van der Waals surface area (Å²) in [7, 11) is 0. The molecule has 1 fully saturated rings. The summed E-state index contributed by atoms with van der Waals surface area (Å²) in [5.74, 6) is 0.384. The van der Waals surface area contributed by atoms with Gasteiger partial charge in [0, 0.05) is 56.2 Å². The Kier molecular flexibility index (Phi) is 6.13. The van der Waals surface area contributed by atoms with E-state index in [9.17, 15) is 4.79 Å². The van der Waals surface area contributed by atoms with Crippen LogP contribution in [0.25, 0.3) is 0 Å². The van der Waals surface area contributed by atoms with Crippen LogP contribution in [0.1, 0.15) is 5.56 Å². The first-order chi connectivity index (χ1) is 12.1. The topological polar surface area (TPSA) is 45.7 Å². The molecule has 0 spiro atoms. The molecule has 5 nitrogen and oxygen atoms in total. The summed E-state index contributed by atoms with van der Waals surface area (Å²) in [6, 6.07) is 8.95. The lowest BCUT2D eigenvalue weighted by atomic mass is 10.2. The summed E-state index contributed by atoms with van der Waals surface area (Å²) in [6.45, 7) is 3.85. The number of pyridine rings is 1. The average molecular weight is 380 g/mol. The molecule has 0 bridgehead atoms. The van der Waals surface area contributed by atoms with Crippen molar-refractivity contribution in [2.75, 3.05) is 32.8 Å². The van der Waals surface area contributed by atoms with E-state index >= 15 is 0 Å². The number of nitrogens with zero attached hydrogens (tertiary/aromatic N) is 3. The zero-order chi connectivity index (χ0) is 17.6. The van der Waals surface area contributed by atoms with E-state index in [1.165, 1.54) is 5.56 Å². The van der Waals surface area contributed by atoms with Gasteiger partial charge in [0.05, 0.1) is 5.02 Å². The Morgan fingerprint density at radius 2 is 1.96 bits per heavy atom. The first kappa shape index (κ1) is 18.0. The van der Waals surface area contributed by atoms with Crippen molar-refractivity contribution in [2.45, 2.75) is 6.54 Å². The zero-order valence-electron chi connectivity index (χ0n) is 13.7. The van der Waals surface area contributed by atoms with Crippen LogP contribution in [-0.4, -0.2) is 53.5 Å². The monoisotopic (exact) mass is 379 g/mol. The number of rotatable bonds is 5. The Morgan fingerprint density at radius 1 is 1.16 bits per heavy atom. The molecule has 1 saturated heterocycles. The molecule has 0 atom stereocenters. The Labute approximate surface area is 157 Å². The highest BCUT2D eigenvalue weighted by molar-refractivity contribution is 6.34. The maximum atomic E-state index is 12.3. The van der Waals surface area contributed by atoms with E-state index in [2.05, 4.69) is 16.0 Å². The van der Waals surface area contributed by atoms with Gasteiger partial charge in [-0.15, -0.1) is 0 Å². The summed E-state index contributed by atoms with van der Waals surface area (Å²) in [6.07, 6.45) is 3.65. The van der Waals surface area contributed by atoms with Gasteiger partial charge in [-0.05, 0) is 23.8 Å². The van der Waals surface area contributed by atoms with Crippen LogP contribution in [-0.2, 0) is 11.3 Å². The summed E-state index contributed by atoms with van der Waals surface area (Å²) in [5.41, 5.74) is 1.18. The molecule has 25 heavy (non-hydrogen) atoms. The molecule has 1 aromatic heterocycles. The lowest BCUT2D eigenvalue weighted by Gasteiger charge is -2.34. The Hall–Kier alpha value is -1.82. The van der Waals surface area contributed by atoms with Crippen LogP contribution >= 0.6 is 23.2 Å². The molecule has 1 aliphatic heterocycles. The van der Waals surface area contributed by atoms with E-state index in [0.717, 1.165) is 19.6 Å². The highest BCUT2D eigenvalue weighted by atomic mass is 35.5. The number of amides is 1. The second-order valence-electron chi connectivity index (χ2n) is 5.88. The molecule has 0 N–H and O–H groups in total. The third-order valence-corrected chi connectivity index (χ3v) is 4.65. The Morgan fingerprint density at radius 3 is 2.68 bits per heavy atom. The molecule has 2 heterocycles. The summed E-state index contributed by atoms with van der Waals surface area (Å²) in [5, 5.41) is 0.967. The molecule has 7 heteroatoms. The maximum absolute atomic E-state index is 12.3.